The van der Waals surface area contributed by atoms with Crippen LogP contribution in [0.5, 0.6) is 5.75 Å². The molecule has 112 valence electrons. The summed E-state index contributed by atoms with van der Waals surface area (Å²) in [6.45, 7) is 1.99. The maximum absolute atomic E-state index is 11.4. The molecule has 0 fully saturated rings. The molecule has 5 nitrogen and oxygen atoms in total. The van der Waals surface area contributed by atoms with Crippen LogP contribution in [-0.2, 0) is 4.79 Å². The van der Waals surface area contributed by atoms with Crippen molar-refractivity contribution in [1.82, 2.24) is 10.4 Å². The summed E-state index contributed by atoms with van der Waals surface area (Å²) in [5.74, 6) is 0.747. The fraction of sp³-hybridized carbons (Fsp3) is 0.235. The van der Waals surface area contributed by atoms with Gasteiger partial charge >= 0.3 is 0 Å². The zero-order chi connectivity index (χ0) is 15.5. The molecule has 5 heteroatoms. The molecule has 0 spiro atoms. The van der Waals surface area contributed by atoms with Crippen LogP contribution < -0.4 is 10.2 Å². The molecule has 1 unspecified atom stereocenters. The Morgan fingerprint density at radius 3 is 2.82 bits per heavy atom. The van der Waals surface area contributed by atoms with E-state index >= 15 is 0 Å². The Kier molecular flexibility index (Phi) is 3.87. The van der Waals surface area contributed by atoms with Gasteiger partial charge in [-0.3, -0.25) is 9.78 Å². The number of aromatic nitrogens is 1. The molecule has 2 aromatic rings. The van der Waals surface area contributed by atoms with Crippen molar-refractivity contribution in [2.24, 2.45) is 11.0 Å². The van der Waals surface area contributed by atoms with Gasteiger partial charge in [-0.05, 0) is 23.8 Å². The van der Waals surface area contributed by atoms with Crippen LogP contribution in [0.1, 0.15) is 18.9 Å². The summed E-state index contributed by atoms with van der Waals surface area (Å²) in [7, 11) is 1.64. The fourth-order valence-corrected chi connectivity index (χ4v) is 2.59. The van der Waals surface area contributed by atoms with Crippen LogP contribution in [0.3, 0.4) is 0 Å². The van der Waals surface area contributed by atoms with Gasteiger partial charge in [0.15, 0.2) is 0 Å². The van der Waals surface area contributed by atoms with Crippen LogP contribution in [0.2, 0.25) is 0 Å². The van der Waals surface area contributed by atoms with E-state index in [1.807, 2.05) is 43.5 Å². The first kappa shape index (κ1) is 14.3. The number of ether oxygens (including phenoxy) is 1. The van der Waals surface area contributed by atoms with Gasteiger partial charge in [0.2, 0.25) is 5.91 Å². The zero-order valence-electron chi connectivity index (χ0n) is 12.5. The van der Waals surface area contributed by atoms with Gasteiger partial charge in [-0.1, -0.05) is 19.1 Å². The van der Waals surface area contributed by atoms with Gasteiger partial charge in [-0.15, -0.1) is 0 Å². The highest BCUT2D eigenvalue weighted by Gasteiger charge is 2.24. The Labute approximate surface area is 129 Å². The standard InChI is InChI=1S/C17H17N3O2/c1-11-8-16(21)19-20-17(11)14-6-5-12(9-15(14)22-2)13-4-3-7-18-10-13/h3-7,9-11H,8H2,1-2H3,(H,19,21). The highest BCUT2D eigenvalue weighted by Crippen LogP contribution is 2.30. The molecule has 1 aromatic carbocycles. The first-order valence-electron chi connectivity index (χ1n) is 7.14. The lowest BCUT2D eigenvalue weighted by Crippen LogP contribution is -2.32. The predicted octanol–water partition coefficient (Wildman–Crippen LogP) is 2.62. The molecule has 2 heterocycles. The average Bonchev–Trinajstić information content (AvgIpc) is 2.55. The normalized spacial score (nSPS) is 17.6. The second-order valence-corrected chi connectivity index (χ2v) is 5.29. The van der Waals surface area contributed by atoms with Crippen LogP contribution in [0, 0.1) is 5.92 Å². The Morgan fingerprint density at radius 2 is 2.14 bits per heavy atom. The second kappa shape index (κ2) is 5.97. The molecule has 1 amide bonds. The van der Waals surface area contributed by atoms with E-state index in [1.54, 1.807) is 13.3 Å². The Bertz CT molecular complexity index is 726. The summed E-state index contributed by atoms with van der Waals surface area (Å²) in [6, 6.07) is 9.87. The zero-order valence-corrected chi connectivity index (χ0v) is 12.5. The lowest BCUT2D eigenvalue weighted by Gasteiger charge is -2.21. The van der Waals surface area contributed by atoms with E-state index in [9.17, 15) is 4.79 Å². The summed E-state index contributed by atoms with van der Waals surface area (Å²) in [6.07, 6.45) is 4.00. The number of nitrogens with one attached hydrogen (secondary N) is 1. The van der Waals surface area contributed by atoms with Crippen molar-refractivity contribution < 1.29 is 9.53 Å². The SMILES string of the molecule is COc1cc(-c2cccnc2)ccc1C1=NNC(=O)CC1C. The van der Waals surface area contributed by atoms with E-state index in [1.165, 1.54) is 0 Å². The van der Waals surface area contributed by atoms with Crippen LogP contribution in [0.25, 0.3) is 11.1 Å². The number of hydrazone groups is 1. The molecular formula is C17H17N3O2. The first-order chi connectivity index (χ1) is 10.7. The van der Waals surface area contributed by atoms with Gasteiger partial charge in [-0.25, -0.2) is 5.43 Å². The minimum absolute atomic E-state index is 0.0535. The maximum atomic E-state index is 11.4. The highest BCUT2D eigenvalue weighted by atomic mass is 16.5. The molecule has 1 atom stereocenters. The molecule has 0 bridgehead atoms. The van der Waals surface area contributed by atoms with Crippen molar-refractivity contribution >= 4 is 11.6 Å². The molecule has 1 aromatic heterocycles. The van der Waals surface area contributed by atoms with Crippen molar-refractivity contribution in [2.75, 3.05) is 7.11 Å². The first-order valence-corrected chi connectivity index (χ1v) is 7.14. The number of amides is 1. The number of methoxy groups -OCH3 is 1. The third-order valence-electron chi connectivity index (χ3n) is 3.73. The van der Waals surface area contributed by atoms with E-state index in [0.717, 1.165) is 28.2 Å². The lowest BCUT2D eigenvalue weighted by molar-refractivity contribution is -0.121. The summed E-state index contributed by atoms with van der Waals surface area (Å²) in [4.78, 5) is 15.5. The number of carbonyl (C=O) groups is 1. The van der Waals surface area contributed by atoms with Gasteiger partial charge in [0.05, 0.1) is 12.8 Å². The topological polar surface area (TPSA) is 63.6 Å². The minimum atomic E-state index is -0.0535. The molecular weight excluding hydrogens is 278 g/mol. The number of rotatable bonds is 3. The van der Waals surface area contributed by atoms with Crippen molar-refractivity contribution in [3.05, 3.63) is 48.3 Å². The van der Waals surface area contributed by atoms with Crippen molar-refractivity contribution in [3.8, 4) is 16.9 Å². The van der Waals surface area contributed by atoms with E-state index in [2.05, 4.69) is 15.5 Å². The van der Waals surface area contributed by atoms with Gasteiger partial charge < -0.3 is 4.74 Å². The van der Waals surface area contributed by atoms with E-state index in [-0.39, 0.29) is 11.8 Å². The van der Waals surface area contributed by atoms with E-state index < -0.39 is 0 Å². The summed E-state index contributed by atoms with van der Waals surface area (Å²) in [5.41, 5.74) is 6.35. The Hall–Kier alpha value is -2.69. The quantitative estimate of drug-likeness (QED) is 0.946. The van der Waals surface area contributed by atoms with Crippen molar-refractivity contribution in [3.63, 3.8) is 0 Å². The highest BCUT2D eigenvalue weighted by molar-refractivity contribution is 6.07. The molecule has 0 saturated carbocycles. The summed E-state index contributed by atoms with van der Waals surface area (Å²) >= 11 is 0. The van der Waals surface area contributed by atoms with E-state index in [4.69, 9.17) is 4.74 Å². The predicted molar refractivity (Wildman–Crippen MR) is 84.7 cm³/mol. The van der Waals surface area contributed by atoms with E-state index in [0.29, 0.717) is 6.42 Å². The third kappa shape index (κ3) is 2.70. The molecule has 1 aliphatic rings. The number of nitrogens with zero attached hydrogens (tertiary/aromatic N) is 2. The van der Waals surface area contributed by atoms with Gasteiger partial charge in [0.1, 0.15) is 5.75 Å². The number of hydrogen-bond donors (Lipinski definition) is 1. The van der Waals surface area contributed by atoms with Crippen LogP contribution in [-0.4, -0.2) is 23.7 Å². The number of carbonyl (C=O) groups excluding carboxylic acids is 1. The summed E-state index contributed by atoms with van der Waals surface area (Å²) in [5, 5.41) is 4.20. The molecule has 3 rings (SSSR count). The van der Waals surface area contributed by atoms with Gasteiger partial charge in [0.25, 0.3) is 0 Å². The minimum Gasteiger partial charge on any atom is -0.496 e. The molecule has 0 radical (unpaired) electrons. The molecule has 1 aliphatic heterocycles. The average molecular weight is 295 g/mol. The van der Waals surface area contributed by atoms with Crippen LogP contribution in [0.4, 0.5) is 0 Å². The number of benzene rings is 1. The smallest absolute Gasteiger partial charge is 0.240 e. The van der Waals surface area contributed by atoms with Gasteiger partial charge in [-0.2, -0.15) is 5.10 Å². The third-order valence-corrected chi connectivity index (χ3v) is 3.73. The van der Waals surface area contributed by atoms with Crippen molar-refractivity contribution in [1.29, 1.82) is 0 Å². The summed E-state index contributed by atoms with van der Waals surface area (Å²) < 4.78 is 5.52. The van der Waals surface area contributed by atoms with Gasteiger partial charge in [0, 0.05) is 35.9 Å². The number of pyridine rings is 1. The molecule has 22 heavy (non-hydrogen) atoms. The second-order valence-electron chi connectivity index (χ2n) is 5.29. The fourth-order valence-electron chi connectivity index (χ4n) is 2.59. The lowest BCUT2D eigenvalue weighted by atomic mass is 9.92. The molecule has 0 saturated heterocycles. The molecule has 0 aliphatic carbocycles. The molecule has 1 N–H and O–H groups in total. The number of hydrogen-bond acceptors (Lipinski definition) is 4. The largest absolute Gasteiger partial charge is 0.496 e. The maximum Gasteiger partial charge on any atom is 0.240 e. The monoisotopic (exact) mass is 295 g/mol. The van der Waals surface area contributed by atoms with Crippen molar-refractivity contribution in [2.45, 2.75) is 13.3 Å². The Balaban J connectivity index is 2.02. The van der Waals surface area contributed by atoms with Crippen LogP contribution in [0.15, 0.2) is 47.8 Å². The Morgan fingerprint density at radius 1 is 1.27 bits per heavy atom. The van der Waals surface area contributed by atoms with Crippen LogP contribution >= 0.6 is 0 Å².